The van der Waals surface area contributed by atoms with E-state index in [0.717, 1.165) is 18.0 Å². The molecular formula is C16H24N6OS2. The average Bonchev–Trinajstić information content (AvgIpc) is 3.28. The zero-order valence-corrected chi connectivity index (χ0v) is 16.5. The first-order valence-corrected chi connectivity index (χ1v) is 10.5. The van der Waals surface area contributed by atoms with Crippen LogP contribution in [0.1, 0.15) is 58.9 Å². The first-order valence-electron chi connectivity index (χ1n) is 8.75. The van der Waals surface area contributed by atoms with Crippen molar-refractivity contribution in [2.45, 2.75) is 75.4 Å². The van der Waals surface area contributed by atoms with Gasteiger partial charge in [0.25, 0.3) is 0 Å². The molecule has 1 amide bonds. The monoisotopic (exact) mass is 380 g/mol. The number of hydrogen-bond acceptors (Lipinski definition) is 7. The summed E-state index contributed by atoms with van der Waals surface area (Å²) in [4.78, 5) is 19.6. The average molecular weight is 381 g/mol. The second-order valence-corrected chi connectivity index (χ2v) is 8.76. The molecule has 136 valence electrons. The Morgan fingerprint density at radius 2 is 2.08 bits per heavy atom. The second-order valence-electron chi connectivity index (χ2n) is 6.57. The van der Waals surface area contributed by atoms with Crippen LogP contribution in [0, 0.1) is 0 Å². The van der Waals surface area contributed by atoms with E-state index in [1.807, 2.05) is 31.1 Å². The number of aromatic nitrogens is 5. The van der Waals surface area contributed by atoms with Crippen molar-refractivity contribution in [3.63, 3.8) is 0 Å². The molecule has 1 unspecified atom stereocenters. The van der Waals surface area contributed by atoms with Gasteiger partial charge in [-0.3, -0.25) is 9.69 Å². The topological polar surface area (TPSA) is 76.8 Å². The molecule has 25 heavy (non-hydrogen) atoms. The number of carbonyl (C=O) groups excluding carboxylic acids is 1. The number of thiazole rings is 1. The minimum Gasteiger partial charge on any atom is -0.284 e. The number of hydrogen-bond donors (Lipinski definition) is 0. The predicted octanol–water partition coefficient (Wildman–Crippen LogP) is 3.56. The van der Waals surface area contributed by atoms with Gasteiger partial charge in [0.15, 0.2) is 5.13 Å². The maximum atomic E-state index is 13.2. The first-order chi connectivity index (χ1) is 12.1. The van der Waals surface area contributed by atoms with Crippen LogP contribution in [-0.2, 0) is 4.79 Å². The van der Waals surface area contributed by atoms with Gasteiger partial charge in [-0.15, -0.1) is 16.4 Å². The summed E-state index contributed by atoms with van der Waals surface area (Å²) in [7, 11) is 0. The third-order valence-electron chi connectivity index (χ3n) is 4.38. The SMILES string of the molecule is CC(Sc1nnnn1C(C)C)C(=O)N(c1nccs1)C1CCCCC1. The fraction of sp³-hybridized carbons (Fsp3) is 0.688. The minimum atomic E-state index is -0.269. The molecule has 9 heteroatoms. The fourth-order valence-electron chi connectivity index (χ4n) is 3.10. The molecule has 0 saturated heterocycles. The summed E-state index contributed by atoms with van der Waals surface area (Å²) < 4.78 is 1.75. The van der Waals surface area contributed by atoms with Crippen molar-refractivity contribution in [2.75, 3.05) is 4.90 Å². The molecule has 0 aromatic carbocycles. The molecule has 0 spiro atoms. The van der Waals surface area contributed by atoms with Gasteiger partial charge in [-0.25, -0.2) is 9.67 Å². The van der Waals surface area contributed by atoms with E-state index in [4.69, 9.17) is 0 Å². The number of thioether (sulfide) groups is 1. The highest BCUT2D eigenvalue weighted by Crippen LogP contribution is 2.32. The van der Waals surface area contributed by atoms with Gasteiger partial charge in [0.2, 0.25) is 11.1 Å². The normalized spacial score (nSPS) is 17.0. The lowest BCUT2D eigenvalue weighted by Gasteiger charge is -2.33. The Morgan fingerprint density at radius 3 is 2.72 bits per heavy atom. The lowest BCUT2D eigenvalue weighted by Crippen LogP contribution is -2.45. The van der Waals surface area contributed by atoms with E-state index in [2.05, 4.69) is 20.5 Å². The largest absolute Gasteiger partial charge is 0.284 e. The van der Waals surface area contributed by atoms with Crippen LogP contribution in [0.4, 0.5) is 5.13 Å². The van der Waals surface area contributed by atoms with Gasteiger partial charge in [0, 0.05) is 17.6 Å². The molecule has 0 bridgehead atoms. The number of tetrazole rings is 1. The van der Waals surface area contributed by atoms with Crippen LogP contribution in [0.2, 0.25) is 0 Å². The third kappa shape index (κ3) is 4.20. The Kier molecular flexibility index (Phi) is 6.06. The summed E-state index contributed by atoms with van der Waals surface area (Å²) in [6.07, 6.45) is 7.46. The van der Waals surface area contributed by atoms with Crippen molar-refractivity contribution in [1.82, 2.24) is 25.2 Å². The Balaban J connectivity index is 1.78. The Labute approximate surface area is 156 Å². The van der Waals surface area contributed by atoms with Crippen LogP contribution in [0.5, 0.6) is 0 Å². The molecular weight excluding hydrogens is 356 g/mol. The number of carbonyl (C=O) groups is 1. The maximum absolute atomic E-state index is 13.2. The zero-order chi connectivity index (χ0) is 17.8. The molecule has 1 aliphatic carbocycles. The number of amides is 1. The summed E-state index contributed by atoms with van der Waals surface area (Å²) in [5.74, 6) is 0.0881. The highest BCUT2D eigenvalue weighted by atomic mass is 32.2. The summed E-state index contributed by atoms with van der Waals surface area (Å²) in [6.45, 7) is 5.98. The van der Waals surface area contributed by atoms with E-state index >= 15 is 0 Å². The Morgan fingerprint density at radius 1 is 1.32 bits per heavy atom. The first kappa shape index (κ1) is 18.3. The molecule has 1 saturated carbocycles. The van der Waals surface area contributed by atoms with Crippen molar-refractivity contribution in [3.05, 3.63) is 11.6 Å². The van der Waals surface area contributed by atoms with E-state index < -0.39 is 0 Å². The van der Waals surface area contributed by atoms with Gasteiger partial charge in [-0.1, -0.05) is 31.0 Å². The van der Waals surface area contributed by atoms with Crippen molar-refractivity contribution in [2.24, 2.45) is 0 Å². The van der Waals surface area contributed by atoms with E-state index in [0.29, 0.717) is 5.16 Å². The summed E-state index contributed by atoms with van der Waals surface area (Å²) in [5, 5.41) is 15.0. The van der Waals surface area contributed by atoms with Crippen LogP contribution in [0.25, 0.3) is 0 Å². The van der Waals surface area contributed by atoms with Crippen LogP contribution < -0.4 is 4.90 Å². The van der Waals surface area contributed by atoms with Crippen LogP contribution in [-0.4, -0.2) is 42.4 Å². The van der Waals surface area contributed by atoms with E-state index in [9.17, 15) is 4.79 Å². The molecule has 1 fully saturated rings. The summed E-state index contributed by atoms with van der Waals surface area (Å²) >= 11 is 2.94. The quantitative estimate of drug-likeness (QED) is 0.713. The number of rotatable bonds is 6. The molecule has 0 radical (unpaired) electrons. The number of nitrogens with zero attached hydrogens (tertiary/aromatic N) is 6. The van der Waals surface area contributed by atoms with Crippen molar-refractivity contribution >= 4 is 34.1 Å². The lowest BCUT2D eigenvalue weighted by atomic mass is 9.94. The van der Waals surface area contributed by atoms with Crippen molar-refractivity contribution in [1.29, 1.82) is 0 Å². The molecule has 2 aromatic rings. The van der Waals surface area contributed by atoms with Crippen LogP contribution in [0.3, 0.4) is 0 Å². The van der Waals surface area contributed by atoms with Crippen LogP contribution in [0.15, 0.2) is 16.7 Å². The molecule has 7 nitrogen and oxygen atoms in total. The van der Waals surface area contributed by atoms with E-state index in [1.54, 1.807) is 10.9 Å². The second kappa shape index (κ2) is 8.27. The molecule has 3 rings (SSSR count). The third-order valence-corrected chi connectivity index (χ3v) is 6.19. The smallest absolute Gasteiger partial charge is 0.242 e. The summed E-state index contributed by atoms with van der Waals surface area (Å²) in [6, 6.07) is 0.407. The van der Waals surface area contributed by atoms with Crippen molar-refractivity contribution in [3.8, 4) is 0 Å². The standard InChI is InChI=1S/C16H24N6OS2/c1-11(2)22-16(18-19-20-22)25-12(3)14(23)21(15-17-9-10-24-15)13-7-5-4-6-8-13/h9-13H,4-8H2,1-3H3. The predicted molar refractivity (Wildman–Crippen MR) is 100.0 cm³/mol. The molecule has 2 heterocycles. The van der Waals surface area contributed by atoms with Gasteiger partial charge in [0.05, 0.1) is 11.3 Å². The fourth-order valence-corrected chi connectivity index (χ4v) is 4.78. The van der Waals surface area contributed by atoms with Gasteiger partial charge < -0.3 is 0 Å². The maximum Gasteiger partial charge on any atom is 0.242 e. The molecule has 2 aromatic heterocycles. The highest BCUT2D eigenvalue weighted by Gasteiger charge is 2.32. The van der Waals surface area contributed by atoms with Gasteiger partial charge in [-0.2, -0.15) is 0 Å². The van der Waals surface area contributed by atoms with Crippen LogP contribution >= 0.6 is 23.1 Å². The molecule has 0 N–H and O–H groups in total. The van der Waals surface area contributed by atoms with Gasteiger partial charge >= 0.3 is 0 Å². The van der Waals surface area contributed by atoms with Gasteiger partial charge in [-0.05, 0) is 44.0 Å². The number of anilines is 1. The van der Waals surface area contributed by atoms with E-state index in [-0.39, 0.29) is 23.2 Å². The molecule has 1 aliphatic rings. The Bertz CT molecular complexity index is 681. The Hall–Kier alpha value is -1.48. The minimum absolute atomic E-state index is 0.0881. The molecule has 1 atom stereocenters. The van der Waals surface area contributed by atoms with E-state index in [1.165, 1.54) is 42.4 Å². The molecule has 0 aliphatic heterocycles. The zero-order valence-electron chi connectivity index (χ0n) is 14.8. The highest BCUT2D eigenvalue weighted by molar-refractivity contribution is 8.00. The lowest BCUT2D eigenvalue weighted by molar-refractivity contribution is -0.118. The van der Waals surface area contributed by atoms with Crippen molar-refractivity contribution < 1.29 is 4.79 Å². The van der Waals surface area contributed by atoms with Gasteiger partial charge in [0.1, 0.15) is 0 Å². The summed E-state index contributed by atoms with van der Waals surface area (Å²) in [5.41, 5.74) is 0.